The molecule has 0 saturated carbocycles. The van der Waals surface area contributed by atoms with Gasteiger partial charge in [0.1, 0.15) is 5.56 Å². The normalized spacial score (nSPS) is 12.0. The van der Waals surface area contributed by atoms with E-state index in [4.69, 9.17) is 0 Å². The number of alkyl halides is 3. The first-order valence-electron chi connectivity index (χ1n) is 4.90. The summed E-state index contributed by atoms with van der Waals surface area (Å²) in [7, 11) is 0. The fourth-order valence-electron chi connectivity index (χ4n) is 1.16. The van der Waals surface area contributed by atoms with Crippen LogP contribution in [0.15, 0.2) is 23.1 Å². The number of hydrogen-bond acceptors (Lipinski definition) is 3. The van der Waals surface area contributed by atoms with Crippen LogP contribution in [0.5, 0.6) is 0 Å². The summed E-state index contributed by atoms with van der Waals surface area (Å²) in [6.45, 7) is 1.40. The Balaban J connectivity index is 2.86. The van der Waals surface area contributed by atoms with Crippen LogP contribution in [0.25, 0.3) is 6.08 Å². The van der Waals surface area contributed by atoms with Crippen LogP contribution in [0.4, 0.5) is 13.2 Å². The summed E-state index contributed by atoms with van der Waals surface area (Å²) >= 11 is 1.04. The third kappa shape index (κ3) is 4.40. The highest BCUT2D eigenvalue weighted by Crippen LogP contribution is 2.26. The summed E-state index contributed by atoms with van der Waals surface area (Å²) in [5.41, 5.74) is -2.17. The number of H-pyrrole nitrogens is 1. The lowest BCUT2D eigenvalue weighted by Crippen LogP contribution is -2.21. The fourth-order valence-corrected chi connectivity index (χ4v) is 1.58. The second-order valence-corrected chi connectivity index (χ2v) is 4.58. The van der Waals surface area contributed by atoms with Gasteiger partial charge in [0.15, 0.2) is 5.12 Å². The molecule has 0 amide bonds. The molecule has 98 valence electrons. The predicted molar refractivity (Wildman–Crippen MR) is 64.2 cm³/mol. The molecule has 0 fully saturated rings. The second-order valence-electron chi connectivity index (χ2n) is 3.38. The van der Waals surface area contributed by atoms with Crippen molar-refractivity contribution in [1.82, 2.24) is 4.98 Å². The summed E-state index contributed by atoms with van der Waals surface area (Å²) in [6.07, 6.45) is -0.515. The molecule has 0 radical (unpaired) electrons. The van der Waals surface area contributed by atoms with Crippen LogP contribution in [-0.2, 0) is 11.0 Å². The molecule has 1 rings (SSSR count). The van der Waals surface area contributed by atoms with Crippen LogP contribution in [0.2, 0.25) is 0 Å². The highest BCUT2D eigenvalue weighted by Gasteiger charge is 2.33. The first kappa shape index (κ1) is 14.6. The Morgan fingerprint density at radius 3 is 2.72 bits per heavy atom. The van der Waals surface area contributed by atoms with E-state index in [0.29, 0.717) is 5.75 Å². The summed E-state index contributed by atoms with van der Waals surface area (Å²) in [6, 6.07) is 0.772. The van der Waals surface area contributed by atoms with Crippen LogP contribution < -0.4 is 5.56 Å². The number of carbonyl (C=O) groups is 1. The number of thioether (sulfide) groups is 1. The average Bonchev–Trinajstić information content (AvgIpc) is 2.24. The van der Waals surface area contributed by atoms with E-state index in [1.807, 2.05) is 4.98 Å². The SMILES string of the molecule is CC(=O)SCC=Cc1c[nH]c(=O)c(C(F)(F)F)c1. The molecule has 0 bridgehead atoms. The Bertz CT molecular complexity index is 520. The standard InChI is InChI=1S/C11H10F3NO2S/c1-7(16)18-4-2-3-8-5-9(11(12,13)14)10(17)15-6-8/h2-3,5-6H,4H2,1H3,(H,15,17). The van der Waals surface area contributed by atoms with Crippen molar-refractivity contribution in [3.63, 3.8) is 0 Å². The highest BCUT2D eigenvalue weighted by atomic mass is 32.2. The van der Waals surface area contributed by atoms with Gasteiger partial charge < -0.3 is 4.98 Å². The molecular formula is C11H10F3NO2S. The fraction of sp³-hybridized carbons (Fsp3) is 0.273. The molecule has 0 saturated heterocycles. The molecule has 0 unspecified atom stereocenters. The first-order valence-corrected chi connectivity index (χ1v) is 5.89. The van der Waals surface area contributed by atoms with Crippen LogP contribution >= 0.6 is 11.8 Å². The Morgan fingerprint density at radius 2 is 2.17 bits per heavy atom. The van der Waals surface area contributed by atoms with Crippen molar-refractivity contribution < 1.29 is 18.0 Å². The number of carbonyl (C=O) groups excluding carboxylic acids is 1. The summed E-state index contributed by atoms with van der Waals surface area (Å²) in [4.78, 5) is 23.6. The van der Waals surface area contributed by atoms with Crippen molar-refractivity contribution in [2.45, 2.75) is 13.1 Å². The van der Waals surface area contributed by atoms with Gasteiger partial charge in [-0.2, -0.15) is 13.2 Å². The van der Waals surface area contributed by atoms with Crippen LogP contribution in [0.1, 0.15) is 18.1 Å². The van der Waals surface area contributed by atoms with E-state index in [-0.39, 0.29) is 10.7 Å². The maximum Gasteiger partial charge on any atom is 0.421 e. The molecule has 1 aromatic heterocycles. The van der Waals surface area contributed by atoms with Crippen molar-refractivity contribution >= 4 is 23.0 Å². The molecule has 1 aromatic rings. The molecule has 0 spiro atoms. The molecule has 3 nitrogen and oxygen atoms in total. The van der Waals surface area contributed by atoms with Crippen LogP contribution in [0.3, 0.4) is 0 Å². The molecule has 7 heteroatoms. The number of pyridine rings is 1. The van der Waals surface area contributed by atoms with Gasteiger partial charge >= 0.3 is 6.18 Å². The summed E-state index contributed by atoms with van der Waals surface area (Å²) < 4.78 is 37.3. The van der Waals surface area contributed by atoms with E-state index in [2.05, 4.69) is 0 Å². The Morgan fingerprint density at radius 1 is 1.50 bits per heavy atom. The molecule has 0 aliphatic heterocycles. The smallest absolute Gasteiger partial charge is 0.328 e. The number of aromatic amines is 1. The first-order chi connectivity index (χ1) is 8.30. The monoisotopic (exact) mass is 277 g/mol. The molecule has 0 aliphatic rings. The van der Waals surface area contributed by atoms with Gasteiger partial charge in [-0.05, 0) is 11.6 Å². The van der Waals surface area contributed by atoms with E-state index in [9.17, 15) is 22.8 Å². The van der Waals surface area contributed by atoms with Gasteiger partial charge in [-0.15, -0.1) is 0 Å². The molecule has 1 N–H and O–H groups in total. The van der Waals surface area contributed by atoms with Crippen molar-refractivity contribution in [1.29, 1.82) is 0 Å². The second kappa shape index (κ2) is 5.90. The molecular weight excluding hydrogens is 267 g/mol. The number of nitrogens with one attached hydrogen (secondary N) is 1. The molecule has 1 heterocycles. The van der Waals surface area contributed by atoms with Crippen LogP contribution in [0, 0.1) is 0 Å². The van der Waals surface area contributed by atoms with Gasteiger partial charge in [-0.3, -0.25) is 9.59 Å². The zero-order valence-corrected chi connectivity index (χ0v) is 10.2. The number of rotatable bonds is 3. The minimum absolute atomic E-state index is 0.0721. The van der Waals surface area contributed by atoms with Crippen LogP contribution in [-0.4, -0.2) is 15.9 Å². The lowest BCUT2D eigenvalue weighted by atomic mass is 10.2. The van der Waals surface area contributed by atoms with E-state index < -0.39 is 17.3 Å². The van der Waals surface area contributed by atoms with Gasteiger partial charge in [-0.25, -0.2) is 0 Å². The Labute approximate surface area is 105 Å². The Kier molecular flexibility index (Phi) is 4.77. The Hall–Kier alpha value is -1.50. The van der Waals surface area contributed by atoms with Gasteiger partial charge in [0.05, 0.1) is 0 Å². The highest BCUT2D eigenvalue weighted by molar-refractivity contribution is 8.13. The average molecular weight is 277 g/mol. The number of hydrogen-bond donors (Lipinski definition) is 1. The summed E-state index contributed by atoms with van der Waals surface area (Å²) in [5.74, 6) is 0.371. The lowest BCUT2D eigenvalue weighted by molar-refractivity contribution is -0.138. The molecule has 0 aliphatic carbocycles. The number of aromatic nitrogens is 1. The third-order valence-electron chi connectivity index (χ3n) is 1.92. The van der Waals surface area contributed by atoms with Crippen molar-refractivity contribution in [3.05, 3.63) is 39.8 Å². The quantitative estimate of drug-likeness (QED) is 0.924. The zero-order valence-electron chi connectivity index (χ0n) is 9.38. The lowest BCUT2D eigenvalue weighted by Gasteiger charge is -2.05. The molecule has 0 atom stereocenters. The van der Waals surface area contributed by atoms with Gasteiger partial charge in [0, 0.05) is 18.9 Å². The zero-order chi connectivity index (χ0) is 13.8. The summed E-state index contributed by atoms with van der Waals surface area (Å²) in [5, 5.41) is -0.0721. The largest absolute Gasteiger partial charge is 0.421 e. The maximum atomic E-state index is 12.4. The van der Waals surface area contributed by atoms with E-state index in [1.54, 1.807) is 6.08 Å². The third-order valence-corrected chi connectivity index (χ3v) is 2.69. The van der Waals surface area contributed by atoms with Crippen molar-refractivity contribution in [2.24, 2.45) is 0 Å². The molecule has 18 heavy (non-hydrogen) atoms. The minimum Gasteiger partial charge on any atom is -0.328 e. The van der Waals surface area contributed by atoms with E-state index in [1.165, 1.54) is 19.2 Å². The van der Waals surface area contributed by atoms with E-state index in [0.717, 1.165) is 17.8 Å². The maximum absolute atomic E-state index is 12.4. The van der Waals surface area contributed by atoms with Crippen molar-refractivity contribution in [3.8, 4) is 0 Å². The topological polar surface area (TPSA) is 49.9 Å². The molecule has 0 aromatic carbocycles. The van der Waals surface area contributed by atoms with Gasteiger partial charge in [-0.1, -0.05) is 23.9 Å². The van der Waals surface area contributed by atoms with E-state index >= 15 is 0 Å². The minimum atomic E-state index is -4.68. The van der Waals surface area contributed by atoms with Gasteiger partial charge in [0.2, 0.25) is 0 Å². The number of halogens is 3. The predicted octanol–water partition coefficient (Wildman–Crippen LogP) is 2.69. The van der Waals surface area contributed by atoms with Crippen molar-refractivity contribution in [2.75, 3.05) is 5.75 Å². The van der Waals surface area contributed by atoms with Gasteiger partial charge in [0.25, 0.3) is 5.56 Å².